The van der Waals surface area contributed by atoms with Gasteiger partial charge in [-0.3, -0.25) is 4.79 Å². The van der Waals surface area contributed by atoms with E-state index in [1.54, 1.807) is 0 Å². The molecule has 0 fully saturated rings. The summed E-state index contributed by atoms with van der Waals surface area (Å²) in [7, 11) is 0. The van der Waals surface area contributed by atoms with Gasteiger partial charge in [0, 0.05) is 5.69 Å². The highest BCUT2D eigenvalue weighted by Crippen LogP contribution is 2.33. The standard InChI is InChI=1S/C21H18ClFN2O4/c1-11-7-8-12(2)16(9-11)24-17(26)10-28-21(27)18-13(3)29-25-20(18)19-14(22)5-4-6-15(19)23/h4-9H,10H2,1-3H3,(H,24,26). The van der Waals surface area contributed by atoms with Crippen LogP contribution in [0.3, 0.4) is 0 Å². The van der Waals surface area contributed by atoms with Crippen molar-refractivity contribution in [2.45, 2.75) is 20.8 Å². The highest BCUT2D eigenvalue weighted by atomic mass is 35.5. The molecule has 1 heterocycles. The van der Waals surface area contributed by atoms with Crippen molar-refractivity contribution in [2.75, 3.05) is 11.9 Å². The number of esters is 1. The second-order valence-corrected chi connectivity index (χ2v) is 6.91. The van der Waals surface area contributed by atoms with Crippen molar-refractivity contribution in [3.8, 4) is 11.3 Å². The Labute approximate surface area is 171 Å². The van der Waals surface area contributed by atoms with Crippen LogP contribution in [0.4, 0.5) is 10.1 Å². The van der Waals surface area contributed by atoms with Crippen molar-refractivity contribution in [1.82, 2.24) is 5.16 Å². The number of carbonyl (C=O) groups is 2. The quantitative estimate of drug-likeness (QED) is 0.601. The molecule has 3 rings (SSSR count). The minimum absolute atomic E-state index is 0.0695. The van der Waals surface area contributed by atoms with Crippen LogP contribution in [-0.2, 0) is 9.53 Å². The van der Waals surface area contributed by atoms with E-state index < -0.39 is 24.3 Å². The van der Waals surface area contributed by atoms with Crippen LogP contribution in [0.2, 0.25) is 5.02 Å². The average Bonchev–Trinajstić information content (AvgIpc) is 3.04. The summed E-state index contributed by atoms with van der Waals surface area (Å²) < 4.78 is 24.4. The molecule has 6 nitrogen and oxygen atoms in total. The molecule has 150 valence electrons. The van der Waals surface area contributed by atoms with Gasteiger partial charge in [-0.2, -0.15) is 0 Å². The van der Waals surface area contributed by atoms with Gasteiger partial charge in [-0.15, -0.1) is 0 Å². The number of nitrogens with one attached hydrogen (secondary N) is 1. The summed E-state index contributed by atoms with van der Waals surface area (Å²) in [6, 6.07) is 9.72. The fourth-order valence-corrected chi connectivity index (χ4v) is 3.02. The molecule has 0 saturated heterocycles. The van der Waals surface area contributed by atoms with E-state index in [1.807, 2.05) is 32.0 Å². The SMILES string of the molecule is Cc1ccc(C)c(NC(=O)COC(=O)c2c(-c3c(F)cccc3Cl)noc2C)c1. The Kier molecular flexibility index (Phi) is 5.98. The third-order valence-electron chi connectivity index (χ3n) is 4.27. The molecule has 0 aliphatic carbocycles. The van der Waals surface area contributed by atoms with E-state index in [9.17, 15) is 14.0 Å². The largest absolute Gasteiger partial charge is 0.452 e. The number of amides is 1. The second-order valence-electron chi connectivity index (χ2n) is 6.50. The fourth-order valence-electron chi connectivity index (χ4n) is 2.77. The van der Waals surface area contributed by atoms with Crippen molar-refractivity contribution in [2.24, 2.45) is 0 Å². The van der Waals surface area contributed by atoms with E-state index in [1.165, 1.54) is 25.1 Å². The first-order valence-corrected chi connectivity index (χ1v) is 9.10. The molecule has 2 aromatic carbocycles. The molecular formula is C21H18ClFN2O4. The number of aryl methyl sites for hydroxylation is 3. The van der Waals surface area contributed by atoms with E-state index in [2.05, 4.69) is 10.5 Å². The first-order chi connectivity index (χ1) is 13.8. The molecule has 0 spiro atoms. The van der Waals surface area contributed by atoms with Crippen LogP contribution in [0.25, 0.3) is 11.3 Å². The predicted octanol–water partition coefficient (Wildman–Crippen LogP) is 4.85. The van der Waals surface area contributed by atoms with Crippen LogP contribution in [-0.4, -0.2) is 23.6 Å². The number of benzene rings is 2. The van der Waals surface area contributed by atoms with Gasteiger partial charge in [0.2, 0.25) is 0 Å². The lowest BCUT2D eigenvalue weighted by Gasteiger charge is -2.10. The molecule has 0 unspecified atom stereocenters. The van der Waals surface area contributed by atoms with Crippen LogP contribution in [0.5, 0.6) is 0 Å². The third kappa shape index (κ3) is 4.46. The van der Waals surface area contributed by atoms with Gasteiger partial charge >= 0.3 is 5.97 Å². The Balaban J connectivity index is 1.76. The summed E-state index contributed by atoms with van der Waals surface area (Å²) in [6.45, 7) is 4.71. The molecule has 0 aliphatic rings. The summed E-state index contributed by atoms with van der Waals surface area (Å²) in [5.41, 5.74) is 2.25. The summed E-state index contributed by atoms with van der Waals surface area (Å²) in [5.74, 6) is -1.91. The Bertz CT molecular complexity index is 1070. The molecule has 3 aromatic rings. The second kappa shape index (κ2) is 8.45. The fraction of sp³-hybridized carbons (Fsp3) is 0.190. The first-order valence-electron chi connectivity index (χ1n) is 8.72. The maximum Gasteiger partial charge on any atom is 0.344 e. The van der Waals surface area contributed by atoms with Gasteiger partial charge < -0.3 is 14.6 Å². The van der Waals surface area contributed by atoms with E-state index in [4.69, 9.17) is 20.9 Å². The molecule has 0 saturated carbocycles. The molecule has 8 heteroatoms. The molecule has 0 aliphatic heterocycles. The monoisotopic (exact) mass is 416 g/mol. The van der Waals surface area contributed by atoms with Crippen LogP contribution < -0.4 is 5.32 Å². The number of hydrogen-bond acceptors (Lipinski definition) is 5. The van der Waals surface area contributed by atoms with Crippen LogP contribution in [0.15, 0.2) is 40.9 Å². The minimum atomic E-state index is -0.866. The van der Waals surface area contributed by atoms with Gasteiger partial charge in [-0.05, 0) is 50.1 Å². The zero-order valence-electron chi connectivity index (χ0n) is 16.0. The molecule has 0 radical (unpaired) electrons. The topological polar surface area (TPSA) is 81.4 Å². The van der Waals surface area contributed by atoms with Gasteiger partial charge in [0.25, 0.3) is 5.91 Å². The maximum atomic E-state index is 14.2. The summed E-state index contributed by atoms with van der Waals surface area (Å²) in [6.07, 6.45) is 0. The van der Waals surface area contributed by atoms with Crippen molar-refractivity contribution >= 4 is 29.2 Å². The third-order valence-corrected chi connectivity index (χ3v) is 4.58. The van der Waals surface area contributed by atoms with Crippen LogP contribution in [0.1, 0.15) is 27.2 Å². The van der Waals surface area contributed by atoms with E-state index in [-0.39, 0.29) is 27.6 Å². The average molecular weight is 417 g/mol. The normalized spacial score (nSPS) is 10.7. The highest BCUT2D eigenvalue weighted by Gasteiger charge is 2.27. The van der Waals surface area contributed by atoms with E-state index in [0.29, 0.717) is 5.69 Å². The number of carbonyl (C=O) groups excluding carboxylic acids is 2. The smallest absolute Gasteiger partial charge is 0.344 e. The molecule has 1 aromatic heterocycles. The van der Waals surface area contributed by atoms with Crippen LogP contribution in [0, 0.1) is 26.6 Å². The van der Waals surface area contributed by atoms with Crippen molar-refractivity contribution in [1.29, 1.82) is 0 Å². The lowest BCUT2D eigenvalue weighted by molar-refractivity contribution is -0.119. The highest BCUT2D eigenvalue weighted by molar-refractivity contribution is 6.33. The summed E-state index contributed by atoms with van der Waals surface area (Å²) in [4.78, 5) is 24.7. The molecule has 1 amide bonds. The van der Waals surface area contributed by atoms with E-state index >= 15 is 0 Å². The summed E-state index contributed by atoms with van der Waals surface area (Å²) >= 11 is 6.06. The Morgan fingerprint density at radius 2 is 1.97 bits per heavy atom. The number of anilines is 1. The van der Waals surface area contributed by atoms with Gasteiger partial charge in [0.1, 0.15) is 22.8 Å². The first kappa shape index (κ1) is 20.5. The van der Waals surface area contributed by atoms with Crippen molar-refractivity contribution in [3.63, 3.8) is 0 Å². The number of halogens is 2. The predicted molar refractivity (Wildman–Crippen MR) is 106 cm³/mol. The van der Waals surface area contributed by atoms with Crippen molar-refractivity contribution in [3.05, 3.63) is 69.7 Å². The van der Waals surface area contributed by atoms with Gasteiger partial charge in [0.05, 0.1) is 10.6 Å². The number of hydrogen-bond donors (Lipinski definition) is 1. The zero-order valence-corrected chi connectivity index (χ0v) is 16.8. The Morgan fingerprint density at radius 3 is 2.69 bits per heavy atom. The lowest BCUT2D eigenvalue weighted by Crippen LogP contribution is -2.21. The molecule has 0 bridgehead atoms. The number of rotatable bonds is 5. The molecule has 0 atom stereocenters. The summed E-state index contributed by atoms with van der Waals surface area (Å²) in [5, 5.41) is 6.51. The van der Waals surface area contributed by atoms with Gasteiger partial charge in [-0.1, -0.05) is 35.0 Å². The van der Waals surface area contributed by atoms with Crippen molar-refractivity contribution < 1.29 is 23.2 Å². The minimum Gasteiger partial charge on any atom is -0.452 e. The Hall–Kier alpha value is -3.19. The number of nitrogens with zero attached hydrogens (tertiary/aromatic N) is 1. The molecule has 1 N–H and O–H groups in total. The number of ether oxygens (including phenoxy) is 1. The maximum absolute atomic E-state index is 14.2. The Morgan fingerprint density at radius 1 is 1.21 bits per heavy atom. The molecular weight excluding hydrogens is 399 g/mol. The van der Waals surface area contributed by atoms with Gasteiger partial charge in [-0.25, -0.2) is 9.18 Å². The lowest BCUT2D eigenvalue weighted by atomic mass is 10.1. The van der Waals surface area contributed by atoms with Gasteiger partial charge in [0.15, 0.2) is 6.61 Å². The zero-order chi connectivity index (χ0) is 21.1. The van der Waals surface area contributed by atoms with Crippen LogP contribution >= 0.6 is 11.6 Å². The van der Waals surface area contributed by atoms with E-state index in [0.717, 1.165) is 11.1 Å². The molecule has 29 heavy (non-hydrogen) atoms. The number of aromatic nitrogens is 1.